The lowest BCUT2D eigenvalue weighted by Gasteiger charge is -2.27. The molecule has 4 aromatic heterocycles. The molecule has 4 heterocycles. The van der Waals surface area contributed by atoms with E-state index in [-0.39, 0.29) is 13.2 Å². The van der Waals surface area contributed by atoms with E-state index in [4.69, 9.17) is 48.4 Å². The molecule has 350 valence electrons. The number of pyridine rings is 4. The van der Waals surface area contributed by atoms with Crippen LogP contribution in [0.1, 0.15) is 22.8 Å². The molecule has 70 heavy (non-hydrogen) atoms. The quantitative estimate of drug-likeness (QED) is 0.0719. The van der Waals surface area contributed by atoms with Crippen molar-refractivity contribution in [2.45, 2.75) is 26.2 Å². The Morgan fingerprint density at radius 1 is 0.329 bits per heavy atom. The topological polar surface area (TPSA) is 113 Å². The zero-order chi connectivity index (χ0) is 47.8. The smallest absolute Gasteiger partial charge is 0.142 e. The van der Waals surface area contributed by atoms with Gasteiger partial charge in [-0.1, -0.05) is 48.5 Å². The van der Waals surface area contributed by atoms with Crippen molar-refractivity contribution in [1.82, 2.24) is 19.9 Å². The zero-order valence-electron chi connectivity index (χ0n) is 39.5. The first kappa shape index (κ1) is 45.2. The number of aromatic nitrogens is 4. The molecule has 12 nitrogen and oxygen atoms in total. The first-order valence-corrected chi connectivity index (χ1v) is 23.1. The second-order valence-electron chi connectivity index (χ2n) is 16.8. The lowest BCUT2D eigenvalue weighted by Crippen LogP contribution is -2.25. The average molecular weight is 929 g/mol. The molecule has 0 saturated heterocycles. The van der Waals surface area contributed by atoms with Crippen molar-refractivity contribution in [1.29, 1.82) is 0 Å². The van der Waals surface area contributed by atoms with Gasteiger partial charge in [-0.05, 0) is 121 Å². The summed E-state index contributed by atoms with van der Waals surface area (Å²) in [6.45, 7) is 2.60. The van der Waals surface area contributed by atoms with Crippen molar-refractivity contribution >= 4 is 55.0 Å². The van der Waals surface area contributed by atoms with E-state index in [0.29, 0.717) is 26.2 Å². The van der Waals surface area contributed by atoms with Crippen LogP contribution < -0.4 is 38.2 Å². The standard InChI is InChI=1S/C58H52N6O6/c1-65-47-21-25-51-39(31-47)13-17-43(59-51)35-63(36-44-18-14-40-32-48(66-2)22-26-52(40)60-44)55-9-5-7-11-57(55)69-29-30-70-58-12-8-6-10-56(58)64(37-45-19-15-41-33-49(67-3)23-27-53(41)61-45)38-46-20-16-42-34-50(68-4)24-28-54(42)62-46/h5-28,31-34H,29-30,35-38H2,1-4H3. The van der Waals surface area contributed by atoms with Gasteiger partial charge in [-0.2, -0.15) is 0 Å². The molecular weight excluding hydrogens is 877 g/mol. The van der Waals surface area contributed by atoms with E-state index in [9.17, 15) is 0 Å². The van der Waals surface area contributed by atoms with Crippen LogP contribution in [0.4, 0.5) is 11.4 Å². The first-order valence-electron chi connectivity index (χ1n) is 23.1. The molecule has 0 aliphatic heterocycles. The number of hydrogen-bond acceptors (Lipinski definition) is 12. The molecule has 0 amide bonds. The summed E-state index contributed by atoms with van der Waals surface area (Å²) in [5.41, 5.74) is 8.99. The van der Waals surface area contributed by atoms with E-state index >= 15 is 0 Å². The zero-order valence-corrected chi connectivity index (χ0v) is 39.5. The maximum Gasteiger partial charge on any atom is 0.142 e. The largest absolute Gasteiger partial charge is 0.497 e. The van der Waals surface area contributed by atoms with Gasteiger partial charge in [0, 0.05) is 21.5 Å². The third kappa shape index (κ3) is 10.3. The molecule has 0 radical (unpaired) electrons. The molecule has 6 aromatic carbocycles. The lowest BCUT2D eigenvalue weighted by atomic mass is 10.1. The molecule has 0 aliphatic carbocycles. The molecule has 0 spiro atoms. The van der Waals surface area contributed by atoms with Gasteiger partial charge in [-0.3, -0.25) is 19.9 Å². The number of para-hydroxylation sites is 4. The Kier molecular flexibility index (Phi) is 13.4. The Balaban J connectivity index is 0.904. The number of ether oxygens (including phenoxy) is 6. The molecule has 0 N–H and O–H groups in total. The van der Waals surface area contributed by atoms with E-state index in [1.807, 2.05) is 109 Å². The molecule has 0 fully saturated rings. The minimum Gasteiger partial charge on any atom is -0.497 e. The lowest BCUT2D eigenvalue weighted by molar-refractivity contribution is 0.217. The number of rotatable bonds is 19. The normalized spacial score (nSPS) is 11.2. The summed E-state index contributed by atoms with van der Waals surface area (Å²) in [7, 11) is 6.69. The molecule has 0 aliphatic rings. The predicted molar refractivity (Wildman–Crippen MR) is 277 cm³/mol. The van der Waals surface area contributed by atoms with Gasteiger partial charge in [-0.15, -0.1) is 0 Å². The highest BCUT2D eigenvalue weighted by atomic mass is 16.5. The van der Waals surface area contributed by atoms with Crippen LogP contribution in [-0.2, 0) is 26.2 Å². The SMILES string of the molecule is COc1ccc2nc(CN(Cc3ccc4cc(OC)ccc4n3)c3ccccc3OCCOc3ccccc3N(Cc3ccc4cc(OC)ccc4n3)Cc3ccc4cc(OC)ccc4n3)ccc2c1. The highest BCUT2D eigenvalue weighted by Crippen LogP contribution is 2.34. The average Bonchev–Trinajstić information content (AvgIpc) is 3.41. The second-order valence-corrected chi connectivity index (χ2v) is 16.8. The minimum atomic E-state index is 0.288. The van der Waals surface area contributed by atoms with Crippen LogP contribution >= 0.6 is 0 Å². The molecule has 10 aromatic rings. The summed E-state index contributed by atoms with van der Waals surface area (Å²) >= 11 is 0. The van der Waals surface area contributed by atoms with Crippen LogP contribution in [0.25, 0.3) is 43.6 Å². The van der Waals surface area contributed by atoms with Crippen molar-refractivity contribution in [2.75, 3.05) is 51.5 Å². The fourth-order valence-electron chi connectivity index (χ4n) is 8.66. The van der Waals surface area contributed by atoms with Gasteiger partial charge in [0.1, 0.15) is 47.7 Å². The van der Waals surface area contributed by atoms with Crippen LogP contribution in [-0.4, -0.2) is 61.6 Å². The summed E-state index contributed by atoms with van der Waals surface area (Å²) in [6.07, 6.45) is 0. The Morgan fingerprint density at radius 2 is 0.614 bits per heavy atom. The molecule has 10 rings (SSSR count). The monoisotopic (exact) mass is 928 g/mol. The van der Waals surface area contributed by atoms with E-state index < -0.39 is 0 Å². The summed E-state index contributed by atoms with van der Waals surface area (Å²) in [4.78, 5) is 24.8. The Morgan fingerprint density at radius 3 is 0.900 bits per heavy atom. The van der Waals surface area contributed by atoms with Crippen LogP contribution in [0.3, 0.4) is 0 Å². The third-order valence-electron chi connectivity index (χ3n) is 12.2. The van der Waals surface area contributed by atoms with Gasteiger partial charge < -0.3 is 38.2 Å². The van der Waals surface area contributed by atoms with Gasteiger partial charge >= 0.3 is 0 Å². The highest BCUT2D eigenvalue weighted by Gasteiger charge is 2.19. The summed E-state index contributed by atoms with van der Waals surface area (Å²) in [5, 5.41) is 4.03. The Labute approximate surface area is 406 Å². The van der Waals surface area contributed by atoms with Gasteiger partial charge in [0.25, 0.3) is 0 Å². The predicted octanol–water partition coefficient (Wildman–Crippen LogP) is 11.8. The number of anilines is 2. The van der Waals surface area contributed by atoms with E-state index in [1.54, 1.807) is 28.4 Å². The number of fused-ring (bicyclic) bond motifs is 4. The van der Waals surface area contributed by atoms with Crippen molar-refractivity contribution < 1.29 is 28.4 Å². The van der Waals surface area contributed by atoms with Crippen molar-refractivity contribution in [2.24, 2.45) is 0 Å². The van der Waals surface area contributed by atoms with Crippen LogP contribution in [0.5, 0.6) is 34.5 Å². The Bertz CT molecular complexity index is 3050. The van der Waals surface area contributed by atoms with Gasteiger partial charge in [-0.25, -0.2) is 0 Å². The summed E-state index contributed by atoms with van der Waals surface area (Å²) in [6, 6.07) is 56.5. The molecule has 12 heteroatoms. The summed E-state index contributed by atoms with van der Waals surface area (Å²) < 4.78 is 35.1. The Hall–Kier alpha value is -8.64. The fourth-order valence-corrected chi connectivity index (χ4v) is 8.66. The van der Waals surface area contributed by atoms with Crippen molar-refractivity contribution in [3.05, 3.63) is 193 Å². The molecule has 0 unspecified atom stereocenters. The van der Waals surface area contributed by atoms with Crippen LogP contribution in [0.15, 0.2) is 170 Å². The maximum absolute atomic E-state index is 6.63. The fraction of sp³-hybridized carbons (Fsp3) is 0.172. The summed E-state index contributed by atoms with van der Waals surface area (Å²) in [5.74, 6) is 4.61. The van der Waals surface area contributed by atoms with E-state index in [1.165, 1.54) is 0 Å². The third-order valence-corrected chi connectivity index (χ3v) is 12.2. The molecule has 0 bridgehead atoms. The maximum atomic E-state index is 6.63. The number of benzene rings is 6. The van der Waals surface area contributed by atoms with Crippen molar-refractivity contribution in [3.8, 4) is 34.5 Å². The van der Waals surface area contributed by atoms with Gasteiger partial charge in [0.15, 0.2) is 0 Å². The number of hydrogen-bond donors (Lipinski definition) is 0. The van der Waals surface area contributed by atoms with Crippen molar-refractivity contribution in [3.63, 3.8) is 0 Å². The van der Waals surface area contributed by atoms with Gasteiger partial charge in [0.2, 0.25) is 0 Å². The van der Waals surface area contributed by atoms with Gasteiger partial charge in [0.05, 0.1) is 111 Å². The molecule has 0 saturated carbocycles. The molecular formula is C58H52N6O6. The van der Waals surface area contributed by atoms with Crippen LogP contribution in [0, 0.1) is 0 Å². The number of methoxy groups -OCH3 is 4. The number of nitrogens with zero attached hydrogens (tertiary/aromatic N) is 6. The van der Waals surface area contributed by atoms with Crippen LogP contribution in [0.2, 0.25) is 0 Å². The minimum absolute atomic E-state index is 0.288. The molecule has 0 atom stereocenters. The highest BCUT2D eigenvalue weighted by molar-refractivity contribution is 5.83. The first-order chi connectivity index (χ1) is 34.4. The van der Waals surface area contributed by atoms with E-state index in [2.05, 4.69) is 70.5 Å². The second kappa shape index (κ2) is 20.7. The van der Waals surface area contributed by atoms with E-state index in [0.717, 1.165) is 112 Å².